The lowest BCUT2D eigenvalue weighted by Crippen LogP contribution is -2.10. The van der Waals surface area contributed by atoms with Crippen LogP contribution in [0.1, 0.15) is 30.8 Å². The maximum atomic E-state index is 12.2. The van der Waals surface area contributed by atoms with E-state index in [0.29, 0.717) is 6.42 Å². The molecule has 0 amide bonds. The van der Waals surface area contributed by atoms with Crippen molar-refractivity contribution in [2.24, 2.45) is 0 Å². The molecule has 0 saturated carbocycles. The van der Waals surface area contributed by atoms with E-state index in [4.69, 9.17) is 0 Å². The molecule has 14 heavy (non-hydrogen) atoms. The summed E-state index contributed by atoms with van der Waals surface area (Å²) in [5, 5.41) is 9.29. The van der Waals surface area contributed by atoms with Crippen LogP contribution in [0.3, 0.4) is 0 Å². The van der Waals surface area contributed by atoms with Gasteiger partial charge >= 0.3 is 6.18 Å². The van der Waals surface area contributed by atoms with Gasteiger partial charge in [-0.05, 0) is 18.6 Å². The number of hydrogen-bond donors (Lipinski definition) is 1. The first kappa shape index (κ1) is 11.0. The first-order chi connectivity index (χ1) is 6.45. The lowest BCUT2D eigenvalue weighted by molar-refractivity contribution is -0.141. The van der Waals surface area contributed by atoms with Crippen LogP contribution in [0.4, 0.5) is 13.2 Å². The number of aromatic nitrogens is 1. The van der Waals surface area contributed by atoms with Gasteiger partial charge in [0.1, 0.15) is 5.69 Å². The Morgan fingerprint density at radius 3 is 2.57 bits per heavy atom. The quantitative estimate of drug-likeness (QED) is 0.804. The number of aliphatic hydroxyl groups excluding tert-OH is 1. The second-order valence-electron chi connectivity index (χ2n) is 2.87. The van der Waals surface area contributed by atoms with Crippen LogP contribution < -0.4 is 0 Å². The monoisotopic (exact) mass is 205 g/mol. The minimum Gasteiger partial charge on any atom is -0.387 e. The lowest BCUT2D eigenvalue weighted by atomic mass is 10.2. The molecular weight excluding hydrogens is 195 g/mol. The van der Waals surface area contributed by atoms with Gasteiger partial charge in [-0.15, -0.1) is 0 Å². The van der Waals surface area contributed by atoms with Crippen molar-refractivity contribution in [2.45, 2.75) is 25.6 Å². The van der Waals surface area contributed by atoms with Crippen molar-refractivity contribution in [1.82, 2.24) is 4.98 Å². The molecule has 1 heterocycles. The van der Waals surface area contributed by atoms with Gasteiger partial charge in [-0.2, -0.15) is 13.2 Å². The van der Waals surface area contributed by atoms with Crippen molar-refractivity contribution in [2.75, 3.05) is 0 Å². The second-order valence-corrected chi connectivity index (χ2v) is 2.87. The van der Waals surface area contributed by atoms with Crippen LogP contribution in [-0.4, -0.2) is 10.1 Å². The molecule has 0 aliphatic carbocycles. The summed E-state index contributed by atoms with van der Waals surface area (Å²) in [6.45, 7) is 1.67. The van der Waals surface area contributed by atoms with Crippen molar-refractivity contribution >= 4 is 0 Å². The van der Waals surface area contributed by atoms with E-state index in [9.17, 15) is 18.3 Å². The highest BCUT2D eigenvalue weighted by molar-refractivity contribution is 5.15. The van der Waals surface area contributed by atoms with Crippen molar-refractivity contribution in [1.29, 1.82) is 0 Å². The Morgan fingerprint density at radius 2 is 2.07 bits per heavy atom. The largest absolute Gasteiger partial charge is 0.433 e. The Hall–Kier alpha value is -1.10. The van der Waals surface area contributed by atoms with Crippen LogP contribution in [0.15, 0.2) is 18.2 Å². The molecule has 0 bridgehead atoms. The third-order valence-corrected chi connectivity index (χ3v) is 1.79. The Labute approximate surface area is 79.4 Å². The Morgan fingerprint density at radius 1 is 1.43 bits per heavy atom. The molecule has 0 spiro atoms. The molecule has 0 aliphatic rings. The van der Waals surface area contributed by atoms with E-state index in [2.05, 4.69) is 4.98 Å². The molecule has 0 aliphatic heterocycles. The van der Waals surface area contributed by atoms with Crippen LogP contribution in [0.2, 0.25) is 0 Å². The maximum absolute atomic E-state index is 12.2. The highest BCUT2D eigenvalue weighted by Gasteiger charge is 2.32. The lowest BCUT2D eigenvalue weighted by Gasteiger charge is -2.10. The highest BCUT2D eigenvalue weighted by atomic mass is 19.4. The van der Waals surface area contributed by atoms with Crippen LogP contribution in [0.5, 0.6) is 0 Å². The van der Waals surface area contributed by atoms with Gasteiger partial charge in [-0.25, -0.2) is 4.98 Å². The van der Waals surface area contributed by atoms with Crippen molar-refractivity contribution < 1.29 is 18.3 Å². The molecule has 2 nitrogen and oxygen atoms in total. The summed E-state index contributed by atoms with van der Waals surface area (Å²) in [5.41, 5.74) is -0.912. The number of pyridine rings is 1. The topological polar surface area (TPSA) is 33.1 Å². The summed E-state index contributed by atoms with van der Waals surface area (Å²) < 4.78 is 36.6. The molecule has 0 fully saturated rings. The zero-order valence-electron chi connectivity index (χ0n) is 7.54. The molecule has 5 heteroatoms. The number of halogens is 3. The molecule has 1 aromatic rings. The molecule has 1 atom stereocenters. The Kier molecular flexibility index (Phi) is 3.10. The molecule has 1 N–H and O–H groups in total. The zero-order chi connectivity index (χ0) is 10.8. The van der Waals surface area contributed by atoms with Crippen LogP contribution in [0.25, 0.3) is 0 Å². The fourth-order valence-electron chi connectivity index (χ4n) is 1.00. The molecule has 1 aromatic heterocycles. The number of nitrogens with zero attached hydrogens (tertiary/aromatic N) is 1. The summed E-state index contributed by atoms with van der Waals surface area (Å²) in [6, 6.07) is 3.50. The first-order valence-corrected chi connectivity index (χ1v) is 4.17. The van der Waals surface area contributed by atoms with E-state index in [1.165, 1.54) is 12.1 Å². The Balaban J connectivity index is 3.01. The van der Waals surface area contributed by atoms with Gasteiger partial charge in [-0.3, -0.25) is 0 Å². The summed E-state index contributed by atoms with van der Waals surface area (Å²) in [5.74, 6) is 0. The minimum atomic E-state index is -4.45. The van der Waals surface area contributed by atoms with Crippen LogP contribution in [0, 0.1) is 0 Å². The van der Waals surface area contributed by atoms with Gasteiger partial charge in [0, 0.05) is 0 Å². The van der Waals surface area contributed by atoms with Crippen LogP contribution >= 0.6 is 0 Å². The fourth-order valence-corrected chi connectivity index (χ4v) is 1.00. The van der Waals surface area contributed by atoms with E-state index in [1.54, 1.807) is 6.92 Å². The van der Waals surface area contributed by atoms with E-state index in [1.807, 2.05) is 0 Å². The summed E-state index contributed by atoms with van der Waals surface area (Å²) in [7, 11) is 0. The minimum absolute atomic E-state index is 0.0577. The van der Waals surface area contributed by atoms with Crippen molar-refractivity contribution in [3.63, 3.8) is 0 Å². The summed E-state index contributed by atoms with van der Waals surface area (Å²) >= 11 is 0. The maximum Gasteiger partial charge on any atom is 0.433 e. The normalized spacial score (nSPS) is 14.1. The standard InChI is InChI=1S/C9H10F3NO/c1-2-7(14)6-4-3-5-8(13-6)9(10,11)12/h3-5,7,14H,2H2,1H3. The van der Waals surface area contributed by atoms with Crippen molar-refractivity contribution in [3.8, 4) is 0 Å². The van der Waals surface area contributed by atoms with Gasteiger partial charge < -0.3 is 5.11 Å². The molecule has 0 radical (unpaired) electrons. The molecule has 1 unspecified atom stereocenters. The number of rotatable bonds is 2. The molecule has 1 rings (SSSR count). The highest BCUT2D eigenvalue weighted by Crippen LogP contribution is 2.28. The molecule has 78 valence electrons. The van der Waals surface area contributed by atoms with Gasteiger partial charge in [0.2, 0.25) is 0 Å². The van der Waals surface area contributed by atoms with E-state index >= 15 is 0 Å². The zero-order valence-corrected chi connectivity index (χ0v) is 7.54. The van der Waals surface area contributed by atoms with Gasteiger partial charge in [0.15, 0.2) is 0 Å². The van der Waals surface area contributed by atoms with Crippen molar-refractivity contribution in [3.05, 3.63) is 29.6 Å². The van der Waals surface area contributed by atoms with Gasteiger partial charge in [-0.1, -0.05) is 13.0 Å². The predicted octanol–water partition coefficient (Wildman–Crippen LogP) is 2.54. The van der Waals surface area contributed by atoms with E-state index in [0.717, 1.165) is 6.07 Å². The molecule has 0 aromatic carbocycles. The van der Waals surface area contributed by atoms with E-state index < -0.39 is 18.0 Å². The van der Waals surface area contributed by atoms with Gasteiger partial charge in [0.05, 0.1) is 11.8 Å². The third-order valence-electron chi connectivity index (χ3n) is 1.79. The predicted molar refractivity (Wildman–Crippen MR) is 44.5 cm³/mol. The molecule has 0 saturated heterocycles. The average Bonchev–Trinajstić information content (AvgIpc) is 2.15. The smallest absolute Gasteiger partial charge is 0.387 e. The summed E-state index contributed by atoms with van der Waals surface area (Å²) in [4.78, 5) is 3.34. The second kappa shape index (κ2) is 3.96. The first-order valence-electron chi connectivity index (χ1n) is 4.17. The Bertz CT molecular complexity index is 311. The third kappa shape index (κ3) is 2.45. The fraction of sp³-hybridized carbons (Fsp3) is 0.444. The average molecular weight is 205 g/mol. The number of alkyl halides is 3. The SMILES string of the molecule is CCC(O)c1cccc(C(F)(F)F)n1. The summed E-state index contributed by atoms with van der Waals surface area (Å²) in [6.07, 6.45) is -5.05. The van der Waals surface area contributed by atoms with Crippen LogP contribution in [-0.2, 0) is 6.18 Å². The van der Waals surface area contributed by atoms with E-state index in [-0.39, 0.29) is 5.69 Å². The molecular formula is C9H10F3NO. The number of aliphatic hydroxyl groups is 1. The van der Waals surface area contributed by atoms with Gasteiger partial charge in [0.25, 0.3) is 0 Å². The number of hydrogen-bond acceptors (Lipinski definition) is 2.